The molecular formula is C47H46O7. The second kappa shape index (κ2) is 10.00. The number of ether oxygens (including phenoxy) is 5. The first-order chi connectivity index (χ1) is 26.5. The smallest absolute Gasteiger partial charge is 0.338 e. The Labute approximate surface area is 315 Å². The summed E-state index contributed by atoms with van der Waals surface area (Å²) in [6.45, 7) is 2.81. The van der Waals surface area contributed by atoms with Crippen LogP contribution in [0.3, 0.4) is 0 Å². The third-order valence-corrected chi connectivity index (χ3v) is 17.5. The number of esters is 2. The summed E-state index contributed by atoms with van der Waals surface area (Å²) >= 11 is 0. The van der Waals surface area contributed by atoms with Gasteiger partial charge in [-0.3, -0.25) is 0 Å². The highest BCUT2D eigenvalue weighted by atomic mass is 16.7. The summed E-state index contributed by atoms with van der Waals surface area (Å²) in [6.07, 6.45) is 5.22. The fraction of sp³-hybridized carbons (Fsp3) is 0.574. The van der Waals surface area contributed by atoms with Crippen molar-refractivity contribution in [1.29, 1.82) is 0 Å². The monoisotopic (exact) mass is 722 g/mol. The lowest BCUT2D eigenvalue weighted by atomic mass is 9.73. The van der Waals surface area contributed by atoms with Crippen molar-refractivity contribution in [1.82, 2.24) is 0 Å². The highest BCUT2D eigenvalue weighted by Crippen LogP contribution is 3.05. The fourth-order valence-electron chi connectivity index (χ4n) is 14.4. The SMILES string of the molecule is CC1C2C1C21C2C(Oc3ccc(-c4ccc(C(=O)O[C@@H]5CO[C@@H]6[C@H]5OC[C@@H]6OC(=O)c5ccc(C6CCC(C7C8C7C87C8CC87)CC6)cc5)cc4)cc3)C21. The van der Waals surface area contributed by atoms with Crippen LogP contribution in [0.4, 0.5) is 0 Å². The molecule has 54 heavy (non-hydrogen) atoms. The third-order valence-electron chi connectivity index (χ3n) is 17.5. The summed E-state index contributed by atoms with van der Waals surface area (Å²) in [5.74, 6) is 12.1. The van der Waals surface area contributed by atoms with Crippen LogP contribution >= 0.6 is 0 Å². The van der Waals surface area contributed by atoms with Gasteiger partial charge in [-0.2, -0.15) is 0 Å². The Balaban J connectivity index is 0.550. The molecule has 2 heterocycles. The zero-order valence-corrected chi connectivity index (χ0v) is 30.6. The van der Waals surface area contributed by atoms with Crippen LogP contribution in [0.25, 0.3) is 11.1 Å². The van der Waals surface area contributed by atoms with Gasteiger partial charge >= 0.3 is 11.9 Å². The van der Waals surface area contributed by atoms with Gasteiger partial charge in [-0.25, -0.2) is 9.59 Å². The number of hydrogen-bond donors (Lipinski definition) is 0. The van der Waals surface area contributed by atoms with E-state index in [-0.39, 0.29) is 19.2 Å². The van der Waals surface area contributed by atoms with Gasteiger partial charge in [0.2, 0.25) is 0 Å². The quantitative estimate of drug-likeness (QED) is 0.211. The van der Waals surface area contributed by atoms with Crippen LogP contribution in [0.15, 0.2) is 72.8 Å². The number of carbonyl (C=O) groups is 2. The Morgan fingerprint density at radius 1 is 0.630 bits per heavy atom. The van der Waals surface area contributed by atoms with E-state index in [1.54, 1.807) is 18.6 Å². The van der Waals surface area contributed by atoms with Gasteiger partial charge in [0.25, 0.3) is 0 Å². The lowest BCUT2D eigenvalue weighted by molar-refractivity contribution is -0.0287. The van der Waals surface area contributed by atoms with Gasteiger partial charge in [0, 0.05) is 11.8 Å². The molecule has 2 spiro atoms. The van der Waals surface area contributed by atoms with Crippen molar-refractivity contribution in [2.75, 3.05) is 13.2 Å². The van der Waals surface area contributed by atoms with E-state index in [1.165, 1.54) is 43.1 Å². The van der Waals surface area contributed by atoms with Crippen molar-refractivity contribution < 1.29 is 33.3 Å². The molecular weight excluding hydrogens is 677 g/mol. The van der Waals surface area contributed by atoms with E-state index in [0.717, 1.165) is 81.0 Å². The molecule has 12 atom stereocenters. The van der Waals surface area contributed by atoms with Gasteiger partial charge in [0.05, 0.1) is 24.3 Å². The minimum absolute atomic E-state index is 0.201. The van der Waals surface area contributed by atoms with Crippen LogP contribution in [0.1, 0.15) is 71.2 Å². The van der Waals surface area contributed by atoms with E-state index in [9.17, 15) is 9.59 Å². The largest absolute Gasteiger partial charge is 0.490 e. The third kappa shape index (κ3) is 3.91. The molecule has 3 aromatic rings. The topological polar surface area (TPSA) is 80.3 Å². The summed E-state index contributed by atoms with van der Waals surface area (Å²) in [6, 6.07) is 23.8. The molecule has 0 radical (unpaired) electrons. The van der Waals surface area contributed by atoms with Crippen molar-refractivity contribution in [2.45, 2.75) is 75.5 Å². The van der Waals surface area contributed by atoms with Crippen molar-refractivity contribution in [2.24, 2.45) is 75.9 Å². The predicted molar refractivity (Wildman–Crippen MR) is 195 cm³/mol. The molecule has 0 bridgehead atoms. The molecule has 9 saturated carbocycles. The average molecular weight is 723 g/mol. The minimum atomic E-state index is -0.569. The first-order valence-electron chi connectivity index (χ1n) is 21.1. The molecule has 0 aromatic heterocycles. The van der Waals surface area contributed by atoms with Crippen LogP contribution in [0.2, 0.25) is 0 Å². The number of carbonyl (C=O) groups excluding carboxylic acids is 2. The molecule has 14 rings (SSSR count). The molecule has 7 heteroatoms. The van der Waals surface area contributed by atoms with Crippen molar-refractivity contribution in [3.8, 4) is 16.9 Å². The second-order valence-corrected chi connectivity index (χ2v) is 19.4. The van der Waals surface area contributed by atoms with Crippen LogP contribution in [0.5, 0.6) is 5.75 Å². The van der Waals surface area contributed by atoms with Crippen LogP contribution in [0, 0.1) is 75.9 Å². The van der Waals surface area contributed by atoms with E-state index < -0.39 is 30.4 Å². The lowest BCUT2D eigenvalue weighted by Gasteiger charge is -2.32. The molecule has 0 amide bonds. The van der Waals surface area contributed by atoms with Gasteiger partial charge in [-0.15, -0.1) is 0 Å². The Morgan fingerprint density at radius 2 is 1.17 bits per heavy atom. The van der Waals surface area contributed by atoms with E-state index in [1.807, 2.05) is 24.3 Å². The van der Waals surface area contributed by atoms with E-state index in [0.29, 0.717) is 23.1 Å². The molecule has 11 fully saturated rings. The standard InChI is InChI=1S/C47H46O7/c1-21-35-36(21)47(35)39-40(47)43(39)52-29-16-14-25(15-17-29)24-6-12-28(13-7-24)45(49)54-33-20-51-41-32(19-50-42(33)41)53-44(48)27-10-4-23(5-11-27)22-2-8-26(9-3-22)34-37-38(34)46(37)30-18-31(30)46/h4-7,10-17,21-22,26,30-43H,2-3,8-9,18-20H2,1H3/t21?,22?,26?,30?,31?,32-,33+,34?,35?,36?,37?,38?,39?,40?,41-,42-,43?,46?,47?/m0/s1. The molecule has 2 saturated heterocycles. The summed E-state index contributed by atoms with van der Waals surface area (Å²) in [5, 5.41) is 0. The predicted octanol–water partition coefficient (Wildman–Crippen LogP) is 7.58. The summed E-state index contributed by atoms with van der Waals surface area (Å²) in [7, 11) is 0. The number of benzene rings is 3. The maximum atomic E-state index is 13.2. The first kappa shape index (κ1) is 30.5. The zero-order chi connectivity index (χ0) is 35.4. The maximum Gasteiger partial charge on any atom is 0.338 e. The van der Waals surface area contributed by atoms with Gasteiger partial charge in [0.15, 0.2) is 12.2 Å². The van der Waals surface area contributed by atoms with Crippen LogP contribution < -0.4 is 4.74 Å². The summed E-state index contributed by atoms with van der Waals surface area (Å²) < 4.78 is 30.0. The Kier molecular flexibility index (Phi) is 5.65. The number of rotatable bonds is 9. The molecule has 3 aromatic carbocycles. The molecule has 0 N–H and O–H groups in total. The zero-order valence-electron chi connectivity index (χ0n) is 30.6. The maximum absolute atomic E-state index is 13.2. The molecule has 9 aliphatic carbocycles. The number of fused-ring (bicyclic) bond motifs is 13. The molecule has 7 nitrogen and oxygen atoms in total. The Hall–Kier alpha value is -3.68. The second-order valence-electron chi connectivity index (χ2n) is 19.4. The van der Waals surface area contributed by atoms with Crippen LogP contribution in [-0.2, 0) is 18.9 Å². The van der Waals surface area contributed by atoms with Gasteiger partial charge < -0.3 is 23.7 Å². The van der Waals surface area contributed by atoms with Crippen LogP contribution in [-0.4, -0.2) is 55.7 Å². The normalized spacial score (nSPS) is 50.1. The van der Waals surface area contributed by atoms with Crippen molar-refractivity contribution >= 4 is 11.9 Å². The Bertz CT molecular complexity index is 2080. The lowest BCUT2D eigenvalue weighted by Crippen LogP contribution is -2.36. The first-order valence-corrected chi connectivity index (χ1v) is 21.1. The highest BCUT2D eigenvalue weighted by Gasteiger charge is 3.05. The van der Waals surface area contributed by atoms with E-state index in [2.05, 4.69) is 43.3 Å². The highest BCUT2D eigenvalue weighted by molar-refractivity contribution is 5.90. The fourth-order valence-corrected chi connectivity index (χ4v) is 14.4. The van der Waals surface area contributed by atoms with Gasteiger partial charge in [-0.1, -0.05) is 43.3 Å². The molecule has 276 valence electrons. The van der Waals surface area contributed by atoms with Crippen molar-refractivity contribution in [3.63, 3.8) is 0 Å². The Morgan fingerprint density at radius 3 is 1.69 bits per heavy atom. The summed E-state index contributed by atoms with van der Waals surface area (Å²) in [4.78, 5) is 26.4. The average Bonchev–Trinajstić information content (AvgIpc) is 3.96. The molecule has 8 unspecified atom stereocenters. The number of hydrogen-bond acceptors (Lipinski definition) is 7. The minimum Gasteiger partial charge on any atom is -0.490 e. The molecule has 2 aliphatic heterocycles. The van der Waals surface area contributed by atoms with E-state index >= 15 is 0 Å². The summed E-state index contributed by atoms with van der Waals surface area (Å²) in [5.41, 5.74) is 6.12. The van der Waals surface area contributed by atoms with Crippen molar-refractivity contribution in [3.05, 3.63) is 89.5 Å². The van der Waals surface area contributed by atoms with E-state index in [4.69, 9.17) is 23.7 Å². The van der Waals surface area contributed by atoms with Gasteiger partial charge in [-0.05, 0) is 155 Å². The van der Waals surface area contributed by atoms with Gasteiger partial charge in [0.1, 0.15) is 24.1 Å². The molecule has 11 aliphatic rings.